The fourth-order valence-electron chi connectivity index (χ4n) is 2.21. The maximum atomic E-state index is 8.96. The van der Waals surface area contributed by atoms with Crippen molar-refractivity contribution in [2.75, 3.05) is 5.32 Å². The van der Waals surface area contributed by atoms with Gasteiger partial charge in [0, 0.05) is 17.6 Å². The molecule has 28 heavy (non-hydrogen) atoms. The molecule has 0 spiro atoms. The first-order valence-corrected chi connectivity index (χ1v) is 8.60. The van der Waals surface area contributed by atoms with Crippen LogP contribution in [0.2, 0.25) is 0 Å². The standard InChI is InChI=1S/C23H25N5/c1-6-10-14-20(12-7-2)26-23(25-9-4)28-22(8-3)27-21-15-11-13-19(16-17-24)18(21)5/h6-15H,1-4,16H2,5H3,(H2,25,26,27,28)/b14-10-,20-12+. The molecule has 0 aliphatic rings. The summed E-state index contributed by atoms with van der Waals surface area (Å²) in [7, 11) is 0. The van der Waals surface area contributed by atoms with Gasteiger partial charge in [-0.15, -0.1) is 0 Å². The van der Waals surface area contributed by atoms with E-state index in [0.29, 0.717) is 18.2 Å². The van der Waals surface area contributed by atoms with Gasteiger partial charge in [0.25, 0.3) is 0 Å². The van der Waals surface area contributed by atoms with Crippen LogP contribution in [0.1, 0.15) is 11.1 Å². The second-order valence-corrected chi connectivity index (χ2v) is 5.46. The van der Waals surface area contributed by atoms with Crippen molar-refractivity contribution in [3.63, 3.8) is 0 Å². The van der Waals surface area contributed by atoms with E-state index in [4.69, 9.17) is 5.26 Å². The monoisotopic (exact) mass is 371 g/mol. The Labute approximate surface area is 167 Å². The van der Waals surface area contributed by atoms with Gasteiger partial charge in [0.05, 0.1) is 12.5 Å². The summed E-state index contributed by atoms with van der Waals surface area (Å²) in [5.74, 6) is 0.820. The van der Waals surface area contributed by atoms with Gasteiger partial charge in [-0.25, -0.2) is 4.99 Å². The Kier molecular flexibility index (Phi) is 9.84. The number of aliphatic imine (C=N–C) groups is 2. The Bertz CT molecular complexity index is 892. The second kappa shape index (κ2) is 12.4. The van der Waals surface area contributed by atoms with E-state index in [1.54, 1.807) is 30.4 Å². The average Bonchev–Trinajstić information content (AvgIpc) is 2.68. The maximum absolute atomic E-state index is 8.96. The molecule has 2 N–H and O–H groups in total. The number of hydrogen-bond acceptors (Lipinski definition) is 2. The molecule has 0 atom stereocenters. The molecular weight excluding hydrogens is 346 g/mol. The number of rotatable bonds is 8. The lowest BCUT2D eigenvalue weighted by Crippen LogP contribution is -2.23. The maximum Gasteiger partial charge on any atom is 0.229 e. The molecule has 1 rings (SSSR count). The number of guanidine groups is 1. The van der Waals surface area contributed by atoms with Crippen LogP contribution in [0.15, 0.2) is 103 Å². The zero-order valence-electron chi connectivity index (χ0n) is 16.2. The highest BCUT2D eigenvalue weighted by Crippen LogP contribution is 2.19. The van der Waals surface area contributed by atoms with Crippen LogP contribution >= 0.6 is 0 Å². The van der Waals surface area contributed by atoms with Crippen molar-refractivity contribution >= 4 is 17.5 Å². The molecule has 0 amide bonds. The van der Waals surface area contributed by atoms with Gasteiger partial charge in [-0.3, -0.25) is 0 Å². The van der Waals surface area contributed by atoms with Gasteiger partial charge < -0.3 is 10.6 Å². The lowest BCUT2D eigenvalue weighted by atomic mass is 10.0. The summed E-state index contributed by atoms with van der Waals surface area (Å²) >= 11 is 0. The summed E-state index contributed by atoms with van der Waals surface area (Å²) in [6.07, 6.45) is 12.0. The van der Waals surface area contributed by atoms with Gasteiger partial charge in [-0.05, 0) is 42.3 Å². The number of anilines is 1. The summed E-state index contributed by atoms with van der Waals surface area (Å²) in [6, 6.07) is 7.91. The molecule has 0 aliphatic carbocycles. The van der Waals surface area contributed by atoms with Crippen molar-refractivity contribution in [3.8, 4) is 6.07 Å². The topological polar surface area (TPSA) is 72.6 Å². The van der Waals surface area contributed by atoms with E-state index >= 15 is 0 Å². The number of nitriles is 1. The van der Waals surface area contributed by atoms with Crippen molar-refractivity contribution in [1.29, 1.82) is 5.26 Å². The minimum atomic E-state index is 0.324. The predicted molar refractivity (Wildman–Crippen MR) is 120 cm³/mol. The zero-order valence-corrected chi connectivity index (χ0v) is 16.2. The molecule has 1 aromatic rings. The third-order valence-electron chi connectivity index (χ3n) is 3.58. The van der Waals surface area contributed by atoms with E-state index < -0.39 is 0 Å². The van der Waals surface area contributed by atoms with Gasteiger partial charge in [0.15, 0.2) is 0 Å². The quantitative estimate of drug-likeness (QED) is 0.385. The molecule has 0 saturated carbocycles. The van der Waals surface area contributed by atoms with E-state index in [9.17, 15) is 0 Å². The molecule has 0 aliphatic heterocycles. The highest BCUT2D eigenvalue weighted by molar-refractivity contribution is 6.09. The zero-order chi connectivity index (χ0) is 20.8. The molecule has 0 unspecified atom stereocenters. The predicted octanol–water partition coefficient (Wildman–Crippen LogP) is 4.96. The molecule has 0 heterocycles. The molecule has 0 saturated heterocycles. The molecule has 1 aromatic carbocycles. The summed E-state index contributed by atoms with van der Waals surface area (Å²) in [5, 5.41) is 15.3. The van der Waals surface area contributed by atoms with Crippen LogP contribution in [0.3, 0.4) is 0 Å². The van der Waals surface area contributed by atoms with Crippen LogP contribution in [0.5, 0.6) is 0 Å². The smallest absolute Gasteiger partial charge is 0.229 e. The van der Waals surface area contributed by atoms with Crippen molar-refractivity contribution in [2.24, 2.45) is 9.98 Å². The molecule has 142 valence electrons. The summed E-state index contributed by atoms with van der Waals surface area (Å²) in [5.41, 5.74) is 3.52. The summed E-state index contributed by atoms with van der Waals surface area (Å²) in [4.78, 5) is 8.65. The van der Waals surface area contributed by atoms with E-state index in [2.05, 4.69) is 53.0 Å². The van der Waals surface area contributed by atoms with Crippen molar-refractivity contribution in [1.82, 2.24) is 5.32 Å². The average molecular weight is 371 g/mol. The van der Waals surface area contributed by atoms with Crippen LogP contribution in [-0.2, 0) is 6.42 Å². The number of allylic oxidation sites excluding steroid dienone is 5. The van der Waals surface area contributed by atoms with Crippen molar-refractivity contribution in [2.45, 2.75) is 13.3 Å². The van der Waals surface area contributed by atoms with Crippen LogP contribution < -0.4 is 10.6 Å². The van der Waals surface area contributed by atoms with Gasteiger partial charge in [-0.1, -0.05) is 56.7 Å². The fraction of sp³-hybridized carbons (Fsp3) is 0.0870. The first kappa shape index (κ1) is 22.1. The second-order valence-electron chi connectivity index (χ2n) is 5.46. The Hall–Kier alpha value is -3.91. The van der Waals surface area contributed by atoms with Crippen molar-refractivity contribution in [3.05, 3.63) is 104 Å². The molecule has 5 nitrogen and oxygen atoms in total. The molecule has 0 radical (unpaired) electrons. The van der Waals surface area contributed by atoms with E-state index in [1.165, 1.54) is 6.20 Å². The largest absolute Gasteiger partial charge is 0.340 e. The Morgan fingerprint density at radius 3 is 2.61 bits per heavy atom. The Morgan fingerprint density at radius 1 is 1.21 bits per heavy atom. The van der Waals surface area contributed by atoms with E-state index in [-0.39, 0.29) is 0 Å². The highest BCUT2D eigenvalue weighted by Gasteiger charge is 2.06. The van der Waals surface area contributed by atoms with Gasteiger partial charge in [0.1, 0.15) is 5.84 Å². The third-order valence-corrected chi connectivity index (χ3v) is 3.58. The molecule has 0 aromatic heterocycles. The first-order valence-electron chi connectivity index (χ1n) is 8.60. The van der Waals surface area contributed by atoms with Crippen LogP contribution in [0.4, 0.5) is 5.69 Å². The lowest BCUT2D eigenvalue weighted by molar-refractivity contribution is 1.14. The Balaban J connectivity index is 3.18. The number of hydrogen-bond donors (Lipinski definition) is 2. The lowest BCUT2D eigenvalue weighted by Gasteiger charge is -2.13. The first-order chi connectivity index (χ1) is 13.6. The van der Waals surface area contributed by atoms with E-state index in [1.807, 2.05) is 31.2 Å². The van der Waals surface area contributed by atoms with Gasteiger partial charge >= 0.3 is 0 Å². The van der Waals surface area contributed by atoms with Gasteiger partial charge in [-0.2, -0.15) is 10.3 Å². The normalized spacial score (nSPS) is 12.2. The minimum absolute atomic E-state index is 0.324. The number of nitrogens with zero attached hydrogens (tertiary/aromatic N) is 3. The van der Waals surface area contributed by atoms with E-state index in [0.717, 1.165) is 22.5 Å². The highest BCUT2D eigenvalue weighted by atomic mass is 15.2. The van der Waals surface area contributed by atoms with Crippen LogP contribution in [0.25, 0.3) is 0 Å². The number of nitrogens with one attached hydrogen (secondary N) is 2. The molecule has 0 bridgehead atoms. The number of benzene rings is 1. The summed E-state index contributed by atoms with van der Waals surface area (Å²) < 4.78 is 0. The Morgan fingerprint density at radius 2 is 2.00 bits per heavy atom. The van der Waals surface area contributed by atoms with Gasteiger partial charge in [0.2, 0.25) is 5.96 Å². The van der Waals surface area contributed by atoms with Crippen LogP contribution in [0, 0.1) is 18.3 Å². The fourth-order valence-corrected chi connectivity index (χ4v) is 2.21. The molecule has 5 heteroatoms. The molecular formula is C23H25N5. The molecule has 0 fully saturated rings. The third kappa shape index (κ3) is 7.14. The SMILES string of the molecule is C=C/C=C\C(=C/C=C)NC(N=C(C=C)Nc1cccc(CC#N)c1C)=NC=C. The van der Waals surface area contributed by atoms with Crippen LogP contribution in [-0.4, -0.2) is 11.8 Å². The summed E-state index contributed by atoms with van der Waals surface area (Å²) in [6.45, 7) is 16.8. The van der Waals surface area contributed by atoms with Crippen molar-refractivity contribution < 1.29 is 0 Å². The minimum Gasteiger partial charge on any atom is -0.340 e. The number of amidine groups is 1.